The zero-order valence-corrected chi connectivity index (χ0v) is 9.43. The van der Waals surface area contributed by atoms with Crippen molar-refractivity contribution >= 4 is 5.97 Å². The van der Waals surface area contributed by atoms with Gasteiger partial charge in [-0.25, -0.2) is 0 Å². The largest absolute Gasteiger partial charge is 0.469 e. The second-order valence-corrected chi connectivity index (χ2v) is 5.30. The summed E-state index contributed by atoms with van der Waals surface area (Å²) in [5, 5.41) is 0. The van der Waals surface area contributed by atoms with Crippen LogP contribution in [0.1, 0.15) is 39.5 Å². The lowest BCUT2D eigenvalue weighted by molar-refractivity contribution is -0.143. The van der Waals surface area contributed by atoms with E-state index in [2.05, 4.69) is 13.8 Å². The van der Waals surface area contributed by atoms with E-state index < -0.39 is 0 Å². The molecular weight excluding hydrogens is 178 g/mol. The lowest BCUT2D eigenvalue weighted by Gasteiger charge is -2.28. The Morgan fingerprint density at radius 1 is 1.43 bits per heavy atom. The van der Waals surface area contributed by atoms with Gasteiger partial charge in [-0.3, -0.25) is 4.79 Å². The fraction of sp³-hybridized carbons (Fsp3) is 0.909. The molecule has 0 spiro atoms. The van der Waals surface area contributed by atoms with E-state index in [1.165, 1.54) is 7.11 Å². The van der Waals surface area contributed by atoms with Gasteiger partial charge in [0.2, 0.25) is 0 Å². The fourth-order valence-corrected chi connectivity index (χ4v) is 2.57. The number of esters is 1. The summed E-state index contributed by atoms with van der Waals surface area (Å²) < 4.78 is 4.71. The molecule has 14 heavy (non-hydrogen) atoms. The number of hydrogen-bond acceptors (Lipinski definition) is 3. The molecule has 0 bridgehead atoms. The molecule has 1 saturated carbocycles. The van der Waals surface area contributed by atoms with Crippen molar-refractivity contribution in [2.75, 3.05) is 13.7 Å². The summed E-state index contributed by atoms with van der Waals surface area (Å²) in [4.78, 5) is 11.3. The first kappa shape index (κ1) is 11.5. The van der Waals surface area contributed by atoms with E-state index in [1.54, 1.807) is 0 Å². The molecule has 0 radical (unpaired) electrons. The van der Waals surface area contributed by atoms with Crippen LogP contribution in [0, 0.1) is 10.8 Å². The average molecular weight is 199 g/mol. The summed E-state index contributed by atoms with van der Waals surface area (Å²) in [6, 6.07) is 0. The van der Waals surface area contributed by atoms with Crippen LogP contribution in [-0.2, 0) is 9.53 Å². The zero-order chi connectivity index (χ0) is 10.8. The highest BCUT2D eigenvalue weighted by Crippen LogP contribution is 2.50. The van der Waals surface area contributed by atoms with Gasteiger partial charge in [-0.05, 0) is 36.6 Å². The van der Waals surface area contributed by atoms with E-state index in [0.29, 0.717) is 18.4 Å². The first-order valence-corrected chi connectivity index (χ1v) is 5.20. The van der Waals surface area contributed by atoms with E-state index >= 15 is 0 Å². The molecule has 0 aromatic carbocycles. The van der Waals surface area contributed by atoms with Gasteiger partial charge in [0, 0.05) is 0 Å². The lowest BCUT2D eigenvalue weighted by Crippen LogP contribution is -2.31. The summed E-state index contributed by atoms with van der Waals surface area (Å²) in [6.07, 6.45) is 3.71. The van der Waals surface area contributed by atoms with Crippen molar-refractivity contribution in [1.29, 1.82) is 0 Å². The number of carbonyl (C=O) groups is 1. The maximum absolute atomic E-state index is 11.3. The monoisotopic (exact) mass is 199 g/mol. The van der Waals surface area contributed by atoms with Crippen LogP contribution < -0.4 is 5.73 Å². The quantitative estimate of drug-likeness (QED) is 0.704. The SMILES string of the molecule is COC(=O)CC1(CN)CCC(C)(C)C1. The number of carbonyl (C=O) groups excluding carboxylic acids is 1. The Kier molecular flexibility index (Phi) is 3.20. The minimum atomic E-state index is -0.131. The van der Waals surface area contributed by atoms with Gasteiger partial charge >= 0.3 is 5.97 Å². The number of rotatable bonds is 3. The maximum Gasteiger partial charge on any atom is 0.306 e. The number of ether oxygens (including phenoxy) is 1. The molecule has 2 N–H and O–H groups in total. The molecule has 1 atom stereocenters. The predicted molar refractivity (Wildman–Crippen MR) is 55.8 cm³/mol. The standard InChI is InChI=1S/C11H21NO2/c1-10(2)4-5-11(7-10,8-12)6-9(13)14-3/h4-8,12H2,1-3H3. The molecule has 1 aliphatic rings. The van der Waals surface area contributed by atoms with Gasteiger partial charge in [-0.2, -0.15) is 0 Å². The molecule has 1 rings (SSSR count). The van der Waals surface area contributed by atoms with E-state index in [-0.39, 0.29) is 11.4 Å². The van der Waals surface area contributed by atoms with E-state index in [4.69, 9.17) is 10.5 Å². The highest BCUT2D eigenvalue weighted by Gasteiger charge is 2.43. The van der Waals surface area contributed by atoms with Crippen LogP contribution in [0.15, 0.2) is 0 Å². The van der Waals surface area contributed by atoms with Gasteiger partial charge in [-0.15, -0.1) is 0 Å². The van der Waals surface area contributed by atoms with Crippen LogP contribution in [0.4, 0.5) is 0 Å². The van der Waals surface area contributed by atoms with Crippen LogP contribution in [0.5, 0.6) is 0 Å². The van der Waals surface area contributed by atoms with Crippen LogP contribution in [0.2, 0.25) is 0 Å². The first-order chi connectivity index (χ1) is 6.43. The molecule has 1 unspecified atom stereocenters. The van der Waals surface area contributed by atoms with Crippen LogP contribution in [-0.4, -0.2) is 19.6 Å². The summed E-state index contributed by atoms with van der Waals surface area (Å²) in [7, 11) is 1.44. The first-order valence-electron chi connectivity index (χ1n) is 5.20. The van der Waals surface area contributed by atoms with E-state index in [0.717, 1.165) is 19.3 Å². The Balaban J connectivity index is 2.65. The second-order valence-electron chi connectivity index (χ2n) is 5.30. The smallest absolute Gasteiger partial charge is 0.306 e. The second kappa shape index (κ2) is 3.89. The van der Waals surface area contributed by atoms with Crippen molar-refractivity contribution in [3.63, 3.8) is 0 Å². The molecule has 3 nitrogen and oxygen atoms in total. The average Bonchev–Trinajstić information content (AvgIpc) is 2.42. The van der Waals surface area contributed by atoms with E-state index in [1.807, 2.05) is 0 Å². The lowest BCUT2D eigenvalue weighted by atomic mass is 9.79. The number of hydrogen-bond donors (Lipinski definition) is 1. The Hall–Kier alpha value is -0.570. The maximum atomic E-state index is 11.3. The molecular formula is C11H21NO2. The molecule has 0 amide bonds. The molecule has 0 aromatic heterocycles. The third kappa shape index (κ3) is 2.47. The predicted octanol–water partition coefficient (Wildman–Crippen LogP) is 1.70. The topological polar surface area (TPSA) is 52.3 Å². The minimum Gasteiger partial charge on any atom is -0.469 e. The molecule has 0 heterocycles. The van der Waals surface area contributed by atoms with Crippen LogP contribution in [0.3, 0.4) is 0 Å². The summed E-state index contributed by atoms with van der Waals surface area (Å²) in [6.45, 7) is 5.06. The molecule has 82 valence electrons. The van der Waals surface area contributed by atoms with Crippen molar-refractivity contribution in [1.82, 2.24) is 0 Å². The van der Waals surface area contributed by atoms with Crippen molar-refractivity contribution in [2.24, 2.45) is 16.6 Å². The van der Waals surface area contributed by atoms with E-state index in [9.17, 15) is 4.79 Å². The Morgan fingerprint density at radius 3 is 2.43 bits per heavy atom. The van der Waals surface area contributed by atoms with Gasteiger partial charge < -0.3 is 10.5 Å². The summed E-state index contributed by atoms with van der Waals surface area (Å²) in [5.74, 6) is -0.131. The highest BCUT2D eigenvalue weighted by molar-refractivity contribution is 5.70. The van der Waals surface area contributed by atoms with Gasteiger partial charge in [0.25, 0.3) is 0 Å². The van der Waals surface area contributed by atoms with Gasteiger partial charge in [0.1, 0.15) is 0 Å². The van der Waals surface area contributed by atoms with Gasteiger partial charge in [0.15, 0.2) is 0 Å². The van der Waals surface area contributed by atoms with Crippen molar-refractivity contribution in [3.05, 3.63) is 0 Å². The zero-order valence-electron chi connectivity index (χ0n) is 9.43. The minimum absolute atomic E-state index is 0.00338. The van der Waals surface area contributed by atoms with Gasteiger partial charge in [0.05, 0.1) is 13.5 Å². The highest BCUT2D eigenvalue weighted by atomic mass is 16.5. The van der Waals surface area contributed by atoms with Gasteiger partial charge in [-0.1, -0.05) is 13.8 Å². The number of nitrogens with two attached hydrogens (primary N) is 1. The third-order valence-electron chi connectivity index (χ3n) is 3.37. The number of methoxy groups -OCH3 is 1. The molecule has 0 saturated heterocycles. The van der Waals surface area contributed by atoms with Crippen LogP contribution in [0.25, 0.3) is 0 Å². The molecule has 0 aromatic rings. The van der Waals surface area contributed by atoms with Crippen molar-refractivity contribution < 1.29 is 9.53 Å². The summed E-state index contributed by atoms with van der Waals surface area (Å²) >= 11 is 0. The normalized spacial score (nSPS) is 30.3. The summed E-state index contributed by atoms with van der Waals surface area (Å²) in [5.41, 5.74) is 6.11. The van der Waals surface area contributed by atoms with Crippen molar-refractivity contribution in [3.8, 4) is 0 Å². The van der Waals surface area contributed by atoms with Crippen molar-refractivity contribution in [2.45, 2.75) is 39.5 Å². The molecule has 1 aliphatic carbocycles. The Labute approximate surface area is 86.0 Å². The Morgan fingerprint density at radius 2 is 2.07 bits per heavy atom. The molecule has 3 heteroatoms. The third-order valence-corrected chi connectivity index (χ3v) is 3.37. The fourth-order valence-electron chi connectivity index (χ4n) is 2.57. The molecule has 0 aliphatic heterocycles. The molecule has 1 fully saturated rings. The Bertz CT molecular complexity index is 225. The van der Waals surface area contributed by atoms with Crippen LogP contribution >= 0.6 is 0 Å².